The van der Waals surface area contributed by atoms with Gasteiger partial charge in [-0.05, 0) is 19.8 Å². The summed E-state index contributed by atoms with van der Waals surface area (Å²) in [6.45, 7) is 6.59. The topological polar surface area (TPSA) is 54.5 Å². The number of anilines is 1. The van der Waals surface area contributed by atoms with Crippen molar-refractivity contribution in [1.82, 2.24) is 10.3 Å². The Hall–Kier alpha value is -0.980. The minimum Gasteiger partial charge on any atom is -0.380 e. The van der Waals surface area contributed by atoms with E-state index in [1.807, 2.05) is 12.3 Å². The molecule has 1 aromatic rings. The Labute approximate surface area is 118 Å². The molecule has 1 atom stereocenters. The zero-order valence-electron chi connectivity index (χ0n) is 11.5. The lowest BCUT2D eigenvalue weighted by Crippen LogP contribution is -2.36. The molecule has 2 heterocycles. The van der Waals surface area contributed by atoms with Gasteiger partial charge in [0.25, 0.3) is 0 Å². The van der Waals surface area contributed by atoms with E-state index in [4.69, 9.17) is 4.74 Å². The van der Waals surface area contributed by atoms with E-state index < -0.39 is 0 Å². The van der Waals surface area contributed by atoms with Crippen LogP contribution in [0.1, 0.15) is 32.4 Å². The van der Waals surface area contributed by atoms with Crippen molar-refractivity contribution < 1.29 is 9.53 Å². The SMILES string of the molecule is CCN(C(C)=O)c1nc(CNC2CCCOC2)cs1. The highest BCUT2D eigenvalue weighted by atomic mass is 32.1. The van der Waals surface area contributed by atoms with Crippen LogP contribution in [0.5, 0.6) is 0 Å². The van der Waals surface area contributed by atoms with Gasteiger partial charge in [-0.3, -0.25) is 9.69 Å². The van der Waals surface area contributed by atoms with Gasteiger partial charge < -0.3 is 10.1 Å². The van der Waals surface area contributed by atoms with E-state index in [9.17, 15) is 4.79 Å². The van der Waals surface area contributed by atoms with Gasteiger partial charge in [-0.15, -0.1) is 11.3 Å². The maximum Gasteiger partial charge on any atom is 0.225 e. The molecule has 106 valence electrons. The van der Waals surface area contributed by atoms with Crippen LogP contribution in [-0.4, -0.2) is 36.7 Å². The molecule has 0 radical (unpaired) electrons. The lowest BCUT2D eigenvalue weighted by atomic mass is 10.1. The van der Waals surface area contributed by atoms with Crippen LogP contribution in [0.4, 0.5) is 5.13 Å². The minimum absolute atomic E-state index is 0.0389. The van der Waals surface area contributed by atoms with Crippen molar-refractivity contribution in [2.45, 2.75) is 39.3 Å². The van der Waals surface area contributed by atoms with E-state index in [1.54, 1.807) is 11.8 Å². The van der Waals surface area contributed by atoms with Crippen molar-refractivity contribution in [3.8, 4) is 0 Å². The molecule has 0 bridgehead atoms. The largest absolute Gasteiger partial charge is 0.380 e. The maximum absolute atomic E-state index is 11.5. The summed E-state index contributed by atoms with van der Waals surface area (Å²) in [5.74, 6) is 0.0389. The summed E-state index contributed by atoms with van der Waals surface area (Å²) in [5, 5.41) is 6.25. The number of amides is 1. The Morgan fingerprint density at radius 1 is 1.68 bits per heavy atom. The Bertz CT molecular complexity index is 416. The molecule has 1 fully saturated rings. The molecule has 1 aliphatic heterocycles. The highest BCUT2D eigenvalue weighted by Crippen LogP contribution is 2.20. The maximum atomic E-state index is 11.5. The van der Waals surface area contributed by atoms with Crippen molar-refractivity contribution in [3.63, 3.8) is 0 Å². The summed E-state index contributed by atoms with van der Waals surface area (Å²) in [6.07, 6.45) is 2.28. The molecule has 19 heavy (non-hydrogen) atoms. The highest BCUT2D eigenvalue weighted by molar-refractivity contribution is 7.14. The molecular formula is C13H21N3O2S. The number of nitrogens with zero attached hydrogens (tertiary/aromatic N) is 2. The minimum atomic E-state index is 0.0389. The van der Waals surface area contributed by atoms with Crippen molar-refractivity contribution in [1.29, 1.82) is 0 Å². The lowest BCUT2D eigenvalue weighted by molar-refractivity contribution is -0.116. The van der Waals surface area contributed by atoms with Crippen LogP contribution in [0.2, 0.25) is 0 Å². The van der Waals surface area contributed by atoms with Gasteiger partial charge in [-0.2, -0.15) is 0 Å². The molecule has 6 heteroatoms. The molecule has 0 aliphatic carbocycles. The summed E-state index contributed by atoms with van der Waals surface area (Å²) in [7, 11) is 0. The third kappa shape index (κ3) is 3.99. The van der Waals surface area contributed by atoms with Crippen LogP contribution in [0.25, 0.3) is 0 Å². The Kier molecular flexibility index (Phi) is 5.30. The summed E-state index contributed by atoms with van der Waals surface area (Å²) in [5.41, 5.74) is 0.991. The molecule has 0 aromatic carbocycles. The van der Waals surface area contributed by atoms with E-state index in [-0.39, 0.29) is 5.91 Å². The quantitative estimate of drug-likeness (QED) is 0.895. The first-order chi connectivity index (χ1) is 9.20. The summed E-state index contributed by atoms with van der Waals surface area (Å²) < 4.78 is 5.43. The molecule has 1 N–H and O–H groups in total. The van der Waals surface area contributed by atoms with E-state index >= 15 is 0 Å². The van der Waals surface area contributed by atoms with Crippen LogP contribution < -0.4 is 10.2 Å². The van der Waals surface area contributed by atoms with Crippen LogP contribution in [0.3, 0.4) is 0 Å². The number of ether oxygens (including phenoxy) is 1. The number of hydrogen-bond donors (Lipinski definition) is 1. The van der Waals surface area contributed by atoms with Crippen molar-refractivity contribution >= 4 is 22.4 Å². The predicted octanol–water partition coefficient (Wildman–Crippen LogP) is 1.78. The molecular weight excluding hydrogens is 262 g/mol. The molecule has 1 aromatic heterocycles. The number of hydrogen-bond acceptors (Lipinski definition) is 5. The first-order valence-electron chi connectivity index (χ1n) is 6.74. The number of carbonyl (C=O) groups is 1. The van der Waals surface area contributed by atoms with Crippen molar-refractivity contribution in [2.75, 3.05) is 24.7 Å². The Morgan fingerprint density at radius 2 is 2.53 bits per heavy atom. The zero-order chi connectivity index (χ0) is 13.7. The molecule has 1 unspecified atom stereocenters. The fraction of sp³-hybridized carbons (Fsp3) is 0.692. The average molecular weight is 283 g/mol. The summed E-state index contributed by atoms with van der Waals surface area (Å²) >= 11 is 1.52. The Morgan fingerprint density at radius 3 is 3.16 bits per heavy atom. The molecule has 0 spiro atoms. The van der Waals surface area contributed by atoms with Crippen LogP contribution in [0.15, 0.2) is 5.38 Å². The zero-order valence-corrected chi connectivity index (χ0v) is 12.3. The molecule has 0 saturated carbocycles. The van der Waals surface area contributed by atoms with E-state index in [1.165, 1.54) is 11.3 Å². The first kappa shape index (κ1) is 14.4. The smallest absolute Gasteiger partial charge is 0.225 e. The molecule has 1 amide bonds. The second-order valence-electron chi connectivity index (χ2n) is 4.68. The summed E-state index contributed by atoms with van der Waals surface area (Å²) in [6, 6.07) is 0.425. The van der Waals surface area contributed by atoms with Gasteiger partial charge in [0.05, 0.1) is 12.3 Å². The summed E-state index contributed by atoms with van der Waals surface area (Å²) in [4.78, 5) is 17.7. The number of nitrogens with one attached hydrogen (secondary N) is 1. The van der Waals surface area contributed by atoms with Gasteiger partial charge >= 0.3 is 0 Å². The number of rotatable bonds is 5. The molecule has 1 saturated heterocycles. The van der Waals surface area contributed by atoms with Crippen molar-refractivity contribution in [2.24, 2.45) is 0 Å². The van der Waals surface area contributed by atoms with Crippen LogP contribution in [0, 0.1) is 0 Å². The second kappa shape index (κ2) is 6.98. The number of aromatic nitrogens is 1. The van der Waals surface area contributed by atoms with Crippen LogP contribution >= 0.6 is 11.3 Å². The fourth-order valence-electron chi connectivity index (χ4n) is 2.14. The van der Waals surface area contributed by atoms with E-state index in [0.717, 1.165) is 43.4 Å². The molecule has 5 nitrogen and oxygen atoms in total. The van der Waals surface area contributed by atoms with Gasteiger partial charge in [-0.25, -0.2) is 4.98 Å². The van der Waals surface area contributed by atoms with Crippen LogP contribution in [-0.2, 0) is 16.1 Å². The number of carbonyl (C=O) groups excluding carboxylic acids is 1. The third-order valence-corrected chi connectivity index (χ3v) is 4.11. The lowest BCUT2D eigenvalue weighted by Gasteiger charge is -2.22. The standard InChI is InChI=1S/C13H21N3O2S/c1-3-16(10(2)17)13-15-12(9-19-13)7-14-11-5-4-6-18-8-11/h9,11,14H,3-8H2,1-2H3. The normalized spacial score (nSPS) is 19.4. The number of thiazole rings is 1. The highest BCUT2D eigenvalue weighted by Gasteiger charge is 2.15. The van der Waals surface area contributed by atoms with E-state index in [2.05, 4.69) is 10.3 Å². The predicted molar refractivity (Wildman–Crippen MR) is 76.5 cm³/mol. The van der Waals surface area contributed by atoms with Gasteiger partial charge in [0.1, 0.15) is 0 Å². The third-order valence-electron chi connectivity index (χ3n) is 3.20. The van der Waals surface area contributed by atoms with E-state index in [0.29, 0.717) is 12.6 Å². The molecule has 1 aliphatic rings. The Balaban J connectivity index is 1.87. The van der Waals surface area contributed by atoms with Gasteiger partial charge in [0.15, 0.2) is 5.13 Å². The molecule has 2 rings (SSSR count). The van der Waals surface area contributed by atoms with Gasteiger partial charge in [0.2, 0.25) is 5.91 Å². The van der Waals surface area contributed by atoms with Gasteiger partial charge in [0, 0.05) is 38.0 Å². The first-order valence-corrected chi connectivity index (χ1v) is 7.62. The van der Waals surface area contributed by atoms with Crippen molar-refractivity contribution in [3.05, 3.63) is 11.1 Å². The average Bonchev–Trinajstić information content (AvgIpc) is 2.87. The monoisotopic (exact) mass is 283 g/mol. The fourth-order valence-corrected chi connectivity index (χ4v) is 3.08. The van der Waals surface area contributed by atoms with Gasteiger partial charge in [-0.1, -0.05) is 0 Å². The second-order valence-corrected chi connectivity index (χ2v) is 5.52.